The van der Waals surface area contributed by atoms with Crippen molar-refractivity contribution in [2.24, 2.45) is 0 Å². The second-order valence-electron chi connectivity index (χ2n) is 4.07. The van der Waals surface area contributed by atoms with Crippen LogP contribution in [0.4, 0.5) is 0 Å². The fourth-order valence-electron chi connectivity index (χ4n) is 1.33. The fraction of sp³-hybridized carbons (Fsp3) is 0.333. The van der Waals surface area contributed by atoms with Crippen molar-refractivity contribution in [3.8, 4) is 0 Å². The van der Waals surface area contributed by atoms with Gasteiger partial charge in [0.1, 0.15) is 0 Å². The topological polar surface area (TPSA) is 89.5 Å². The number of carbonyl (C=O) groups is 2. The molecule has 0 saturated carbocycles. The highest BCUT2D eigenvalue weighted by atomic mass is 32.2. The second-order valence-corrected chi connectivity index (χ2v) is 5.79. The zero-order valence-electron chi connectivity index (χ0n) is 10.9. The van der Waals surface area contributed by atoms with Crippen LogP contribution in [-0.4, -0.2) is 33.2 Å². The lowest BCUT2D eigenvalue weighted by atomic mass is 10.1. The van der Waals surface area contributed by atoms with E-state index in [1.807, 2.05) is 18.6 Å². The van der Waals surface area contributed by atoms with E-state index < -0.39 is 27.7 Å². The molecule has 1 N–H and O–H groups in total. The van der Waals surface area contributed by atoms with E-state index in [1.54, 1.807) is 12.1 Å². The molecule has 0 aromatic heterocycles. The molecule has 0 unspecified atom stereocenters. The number of rotatable bonds is 4. The van der Waals surface area contributed by atoms with Crippen LogP contribution < -0.4 is 4.72 Å². The monoisotopic (exact) mass is 285 g/mol. The molecular weight excluding hydrogens is 270 g/mol. The molecule has 1 aromatic carbocycles. The third-order valence-electron chi connectivity index (χ3n) is 2.55. The number of benzene rings is 1. The molecule has 0 fully saturated rings. The van der Waals surface area contributed by atoms with Crippen LogP contribution in [-0.2, 0) is 19.6 Å². The van der Waals surface area contributed by atoms with E-state index in [-0.39, 0.29) is 5.56 Å². The smallest absolute Gasteiger partial charge is 0.322 e. The minimum absolute atomic E-state index is 0.219. The Kier molecular flexibility index (Phi) is 4.66. The molecule has 6 nitrogen and oxygen atoms in total. The SMILES string of the molecule is COC(=O)CS(=O)(=O)NC(=O)c1ccc(C)c(C)c1. The van der Waals surface area contributed by atoms with Gasteiger partial charge in [-0.25, -0.2) is 13.1 Å². The van der Waals surface area contributed by atoms with Crippen LogP contribution >= 0.6 is 0 Å². The van der Waals surface area contributed by atoms with Gasteiger partial charge in [0.2, 0.25) is 10.0 Å². The number of methoxy groups -OCH3 is 1. The number of aryl methyl sites for hydroxylation is 2. The maximum absolute atomic E-state index is 11.8. The van der Waals surface area contributed by atoms with Gasteiger partial charge in [0, 0.05) is 5.56 Å². The molecule has 1 amide bonds. The Morgan fingerprint density at radius 1 is 1.21 bits per heavy atom. The van der Waals surface area contributed by atoms with Crippen molar-refractivity contribution in [1.82, 2.24) is 4.72 Å². The van der Waals surface area contributed by atoms with Crippen LogP contribution in [0.25, 0.3) is 0 Å². The summed E-state index contributed by atoms with van der Waals surface area (Å²) in [5, 5.41) is 0. The molecule has 0 aliphatic carbocycles. The molecule has 0 saturated heterocycles. The second kappa shape index (κ2) is 5.83. The fourth-order valence-corrected chi connectivity index (χ4v) is 2.23. The van der Waals surface area contributed by atoms with Crippen LogP contribution in [0, 0.1) is 13.8 Å². The average Bonchev–Trinajstić information content (AvgIpc) is 2.31. The number of nitrogens with one attached hydrogen (secondary N) is 1. The van der Waals surface area contributed by atoms with Gasteiger partial charge >= 0.3 is 5.97 Å². The van der Waals surface area contributed by atoms with Crippen molar-refractivity contribution in [2.75, 3.05) is 12.9 Å². The highest BCUT2D eigenvalue weighted by Gasteiger charge is 2.20. The summed E-state index contributed by atoms with van der Waals surface area (Å²) in [7, 11) is -2.96. The Balaban J connectivity index is 2.84. The van der Waals surface area contributed by atoms with Crippen molar-refractivity contribution in [3.05, 3.63) is 34.9 Å². The van der Waals surface area contributed by atoms with Crippen LogP contribution in [0.5, 0.6) is 0 Å². The number of ether oxygens (including phenoxy) is 1. The van der Waals surface area contributed by atoms with E-state index in [0.717, 1.165) is 18.2 Å². The summed E-state index contributed by atoms with van der Waals surface area (Å²) in [6.45, 7) is 3.69. The van der Waals surface area contributed by atoms with Gasteiger partial charge < -0.3 is 4.74 Å². The molecule has 0 heterocycles. The molecule has 19 heavy (non-hydrogen) atoms. The first-order chi connectivity index (χ1) is 8.75. The lowest BCUT2D eigenvalue weighted by molar-refractivity contribution is -0.137. The zero-order valence-corrected chi connectivity index (χ0v) is 11.7. The Labute approximate surface area is 111 Å². The summed E-state index contributed by atoms with van der Waals surface area (Å²) in [6, 6.07) is 4.82. The van der Waals surface area contributed by atoms with Gasteiger partial charge in [-0.1, -0.05) is 6.07 Å². The molecule has 0 atom stereocenters. The summed E-state index contributed by atoms with van der Waals surface area (Å²) >= 11 is 0. The summed E-state index contributed by atoms with van der Waals surface area (Å²) in [4.78, 5) is 22.6. The Morgan fingerprint density at radius 3 is 2.37 bits per heavy atom. The van der Waals surface area contributed by atoms with Gasteiger partial charge in [-0.3, -0.25) is 9.59 Å². The number of sulfonamides is 1. The van der Waals surface area contributed by atoms with Crippen LogP contribution in [0.1, 0.15) is 21.5 Å². The van der Waals surface area contributed by atoms with Gasteiger partial charge in [0.25, 0.3) is 5.91 Å². The first kappa shape index (κ1) is 15.2. The number of hydrogen-bond donors (Lipinski definition) is 1. The van der Waals surface area contributed by atoms with Crippen molar-refractivity contribution in [3.63, 3.8) is 0 Å². The van der Waals surface area contributed by atoms with Crippen molar-refractivity contribution in [2.45, 2.75) is 13.8 Å². The molecule has 1 aromatic rings. The number of amides is 1. The Bertz CT molecular complexity index is 607. The van der Waals surface area contributed by atoms with E-state index in [4.69, 9.17) is 0 Å². The Morgan fingerprint density at radius 2 is 1.84 bits per heavy atom. The van der Waals surface area contributed by atoms with Gasteiger partial charge in [-0.15, -0.1) is 0 Å². The van der Waals surface area contributed by atoms with Gasteiger partial charge in [0.15, 0.2) is 5.75 Å². The van der Waals surface area contributed by atoms with Gasteiger partial charge in [0.05, 0.1) is 7.11 Å². The van der Waals surface area contributed by atoms with E-state index >= 15 is 0 Å². The molecule has 0 radical (unpaired) electrons. The van der Waals surface area contributed by atoms with E-state index in [2.05, 4.69) is 4.74 Å². The highest BCUT2D eigenvalue weighted by molar-refractivity contribution is 7.90. The van der Waals surface area contributed by atoms with Gasteiger partial charge in [-0.05, 0) is 37.1 Å². The number of hydrogen-bond acceptors (Lipinski definition) is 5. The maximum Gasteiger partial charge on any atom is 0.322 e. The molecule has 0 aliphatic rings. The number of esters is 1. The average molecular weight is 285 g/mol. The largest absolute Gasteiger partial charge is 0.468 e. The molecule has 1 rings (SSSR count). The summed E-state index contributed by atoms with van der Waals surface area (Å²) in [5.41, 5.74) is 2.09. The van der Waals surface area contributed by atoms with Crippen molar-refractivity contribution in [1.29, 1.82) is 0 Å². The summed E-state index contributed by atoms with van der Waals surface area (Å²) < 4.78 is 29.1. The minimum Gasteiger partial charge on any atom is -0.468 e. The normalized spacial score (nSPS) is 10.9. The predicted molar refractivity (Wildman–Crippen MR) is 69.2 cm³/mol. The van der Waals surface area contributed by atoms with Crippen LogP contribution in [0.3, 0.4) is 0 Å². The first-order valence-corrected chi connectivity index (χ1v) is 7.09. The van der Waals surface area contributed by atoms with Crippen LogP contribution in [0.15, 0.2) is 18.2 Å². The third kappa shape index (κ3) is 4.36. The van der Waals surface area contributed by atoms with E-state index in [9.17, 15) is 18.0 Å². The third-order valence-corrected chi connectivity index (χ3v) is 3.66. The zero-order chi connectivity index (χ0) is 14.6. The lowest BCUT2D eigenvalue weighted by Crippen LogP contribution is -2.35. The lowest BCUT2D eigenvalue weighted by Gasteiger charge is -2.07. The molecule has 0 spiro atoms. The van der Waals surface area contributed by atoms with E-state index in [1.165, 1.54) is 6.07 Å². The predicted octanol–water partition coefficient (Wildman–Crippen LogP) is 0.536. The summed E-state index contributed by atoms with van der Waals surface area (Å²) in [5.74, 6) is -2.59. The van der Waals surface area contributed by atoms with E-state index in [0.29, 0.717) is 0 Å². The maximum atomic E-state index is 11.8. The van der Waals surface area contributed by atoms with Crippen LogP contribution in [0.2, 0.25) is 0 Å². The highest BCUT2D eigenvalue weighted by Crippen LogP contribution is 2.10. The van der Waals surface area contributed by atoms with Crippen molar-refractivity contribution >= 4 is 21.9 Å². The molecule has 104 valence electrons. The quantitative estimate of drug-likeness (QED) is 0.815. The van der Waals surface area contributed by atoms with Crippen molar-refractivity contribution < 1.29 is 22.7 Å². The minimum atomic E-state index is -4.04. The molecule has 7 heteroatoms. The molecule has 0 bridgehead atoms. The standard InChI is InChI=1S/C12H15NO5S/c1-8-4-5-10(6-9(8)2)12(15)13-19(16,17)7-11(14)18-3/h4-6H,7H2,1-3H3,(H,13,15). The summed E-state index contributed by atoms with van der Waals surface area (Å²) in [6.07, 6.45) is 0. The molecule has 0 aliphatic heterocycles. The van der Waals surface area contributed by atoms with Gasteiger partial charge in [-0.2, -0.15) is 0 Å². The number of carbonyl (C=O) groups excluding carboxylic acids is 2. The Hall–Kier alpha value is -1.89. The molecular formula is C12H15NO5S. The first-order valence-electron chi connectivity index (χ1n) is 5.44.